The predicted molar refractivity (Wildman–Crippen MR) is 128 cm³/mol. The summed E-state index contributed by atoms with van der Waals surface area (Å²) in [5.41, 5.74) is -2.44. The lowest BCUT2D eigenvalue weighted by Gasteiger charge is -2.48. The summed E-state index contributed by atoms with van der Waals surface area (Å²) in [7, 11) is 0. The van der Waals surface area contributed by atoms with Gasteiger partial charge in [-0.1, -0.05) is 34.6 Å². The largest absolute Gasteiger partial charge is 0.393 e. The molecule has 6 aliphatic rings. The van der Waals surface area contributed by atoms with Crippen molar-refractivity contribution in [3.63, 3.8) is 0 Å². The zero-order valence-electron chi connectivity index (χ0n) is 22.0. The van der Waals surface area contributed by atoms with Gasteiger partial charge in [0.05, 0.1) is 35.7 Å². The van der Waals surface area contributed by atoms with Crippen molar-refractivity contribution in [2.75, 3.05) is 0 Å². The minimum Gasteiger partial charge on any atom is -0.393 e. The number of ether oxygens (including phenoxy) is 2. The van der Waals surface area contributed by atoms with Crippen LogP contribution in [0.4, 0.5) is 0 Å². The highest BCUT2D eigenvalue weighted by Crippen LogP contribution is 2.70. The third-order valence-corrected chi connectivity index (χ3v) is 11.5. The smallest absolute Gasteiger partial charge is 0.189 e. The molecule has 200 valence electrons. The quantitative estimate of drug-likeness (QED) is 0.421. The Balaban J connectivity index is 1.50. The van der Waals surface area contributed by atoms with Crippen molar-refractivity contribution in [1.29, 1.82) is 0 Å². The van der Waals surface area contributed by atoms with Crippen LogP contribution in [0.5, 0.6) is 0 Å². The molecule has 4 aliphatic carbocycles. The molecule has 6 rings (SSSR count). The number of Topliss-reactive ketones (excluding diaryl/α,β-unsaturated/α-hetero) is 2. The van der Waals surface area contributed by atoms with Gasteiger partial charge >= 0.3 is 0 Å². The van der Waals surface area contributed by atoms with E-state index in [9.17, 15) is 30.0 Å². The zero-order valence-corrected chi connectivity index (χ0v) is 22.0. The highest BCUT2D eigenvalue weighted by atomic mass is 16.6. The third-order valence-electron chi connectivity index (χ3n) is 11.5. The Morgan fingerprint density at radius 3 is 2.39 bits per heavy atom. The number of aliphatic hydroxyl groups excluding tert-OH is 4. The second-order valence-electron chi connectivity index (χ2n) is 13.4. The Bertz CT molecular complexity index is 1050. The number of hydrogen-bond donors (Lipinski definition) is 4. The lowest BCUT2D eigenvalue weighted by molar-refractivity contribution is -0.146. The van der Waals surface area contributed by atoms with E-state index in [0.29, 0.717) is 30.4 Å². The van der Waals surface area contributed by atoms with Gasteiger partial charge in [0.15, 0.2) is 11.6 Å². The molecule has 2 bridgehead atoms. The van der Waals surface area contributed by atoms with Gasteiger partial charge in [0.2, 0.25) is 0 Å². The molecule has 1 spiro atoms. The molecule has 2 aliphatic heterocycles. The van der Waals surface area contributed by atoms with E-state index in [4.69, 9.17) is 9.47 Å². The van der Waals surface area contributed by atoms with Crippen molar-refractivity contribution >= 4 is 11.6 Å². The van der Waals surface area contributed by atoms with Gasteiger partial charge in [-0.25, -0.2) is 0 Å². The van der Waals surface area contributed by atoms with Crippen molar-refractivity contribution in [1.82, 2.24) is 0 Å². The summed E-state index contributed by atoms with van der Waals surface area (Å²) in [6.45, 7) is 11.6. The Hall–Kier alpha value is -1.16. The molecule has 0 aromatic carbocycles. The maximum Gasteiger partial charge on any atom is 0.189 e. The van der Waals surface area contributed by atoms with Gasteiger partial charge in [0.25, 0.3) is 0 Å². The molecule has 0 aromatic heterocycles. The topological polar surface area (TPSA) is 137 Å². The minimum absolute atomic E-state index is 0.0449. The van der Waals surface area contributed by atoms with E-state index < -0.39 is 76.8 Å². The van der Waals surface area contributed by atoms with Crippen molar-refractivity contribution in [3.8, 4) is 0 Å². The molecule has 36 heavy (non-hydrogen) atoms. The summed E-state index contributed by atoms with van der Waals surface area (Å²) < 4.78 is 12.6. The molecule has 8 heteroatoms. The number of hydrogen-bond acceptors (Lipinski definition) is 8. The first-order chi connectivity index (χ1) is 16.7. The fourth-order valence-corrected chi connectivity index (χ4v) is 9.03. The van der Waals surface area contributed by atoms with Gasteiger partial charge in [-0.15, -0.1) is 0 Å². The van der Waals surface area contributed by atoms with E-state index in [-0.39, 0.29) is 23.5 Å². The maximum atomic E-state index is 14.1. The summed E-state index contributed by atoms with van der Waals surface area (Å²) in [5, 5.41) is 44.8. The second kappa shape index (κ2) is 7.48. The standard InChI is InChI=1S/C28H40O8/c1-10(2)11(3)18(30)21-12(4)16-22(35-21)15-14-17(20(32)24(34)27(16,6)23(15)33)26(5)8-7-13(29)9-28(26)25(36-28)19(14)31/h10-13,15-16,18-19,21-22,24-25,29-31,34H,7-9H2,1-6H3/t11-,12+,13+,15+,16+,18-,19+,21-,22+,24+,25-,26-,27-,28-/m1/s1. The first-order valence-corrected chi connectivity index (χ1v) is 13.6. The number of epoxide rings is 1. The van der Waals surface area contributed by atoms with Crippen LogP contribution in [0.25, 0.3) is 0 Å². The molecule has 8 nitrogen and oxygen atoms in total. The van der Waals surface area contributed by atoms with Gasteiger partial charge < -0.3 is 29.9 Å². The Morgan fingerprint density at radius 2 is 1.75 bits per heavy atom. The molecule has 2 heterocycles. The number of rotatable bonds is 3. The lowest BCUT2D eigenvalue weighted by atomic mass is 9.54. The summed E-state index contributed by atoms with van der Waals surface area (Å²) in [4.78, 5) is 28.2. The van der Waals surface area contributed by atoms with E-state index in [1.807, 2.05) is 34.6 Å². The van der Waals surface area contributed by atoms with Crippen LogP contribution in [0.15, 0.2) is 11.1 Å². The summed E-state index contributed by atoms with van der Waals surface area (Å²) in [6, 6.07) is 0. The lowest BCUT2D eigenvalue weighted by Crippen LogP contribution is -2.56. The summed E-state index contributed by atoms with van der Waals surface area (Å²) in [5.74, 6) is -2.23. The molecule has 0 aromatic rings. The van der Waals surface area contributed by atoms with Gasteiger partial charge in [-0.05, 0) is 43.1 Å². The van der Waals surface area contributed by atoms with E-state index in [1.165, 1.54) is 0 Å². The molecular weight excluding hydrogens is 464 g/mol. The number of fused-ring (bicyclic) bond motifs is 7. The zero-order chi connectivity index (χ0) is 26.3. The van der Waals surface area contributed by atoms with Crippen LogP contribution in [0, 0.1) is 40.4 Å². The molecule has 2 saturated carbocycles. The molecular formula is C28H40O8. The van der Waals surface area contributed by atoms with E-state index >= 15 is 0 Å². The van der Waals surface area contributed by atoms with E-state index in [2.05, 4.69) is 0 Å². The highest BCUT2D eigenvalue weighted by Gasteiger charge is 2.80. The fourth-order valence-electron chi connectivity index (χ4n) is 9.03. The number of carbonyl (C=O) groups excluding carboxylic acids is 2. The molecule has 0 radical (unpaired) electrons. The van der Waals surface area contributed by atoms with Gasteiger partial charge in [0.1, 0.15) is 23.9 Å². The predicted octanol–water partition coefficient (Wildman–Crippen LogP) is 1.17. The van der Waals surface area contributed by atoms with Crippen LogP contribution in [-0.2, 0) is 19.1 Å². The molecule has 14 atom stereocenters. The monoisotopic (exact) mass is 504 g/mol. The number of aliphatic hydroxyl groups is 4. The molecule has 0 amide bonds. The van der Waals surface area contributed by atoms with Crippen LogP contribution in [0.3, 0.4) is 0 Å². The fraction of sp³-hybridized carbons (Fsp3) is 0.857. The summed E-state index contributed by atoms with van der Waals surface area (Å²) in [6.07, 6.45) is -4.69. The van der Waals surface area contributed by atoms with Crippen LogP contribution < -0.4 is 0 Å². The van der Waals surface area contributed by atoms with Crippen molar-refractivity contribution in [2.24, 2.45) is 40.4 Å². The Kier molecular flexibility index (Phi) is 5.22. The Morgan fingerprint density at radius 1 is 1.08 bits per heavy atom. The van der Waals surface area contributed by atoms with Gasteiger partial charge in [-0.3, -0.25) is 9.59 Å². The van der Waals surface area contributed by atoms with Crippen molar-refractivity contribution < 1.29 is 39.5 Å². The van der Waals surface area contributed by atoms with Gasteiger partial charge in [0, 0.05) is 23.3 Å². The first-order valence-electron chi connectivity index (χ1n) is 13.6. The van der Waals surface area contributed by atoms with Crippen molar-refractivity contribution in [3.05, 3.63) is 11.1 Å². The normalized spacial score (nSPS) is 55.0. The van der Waals surface area contributed by atoms with Crippen LogP contribution in [0.1, 0.15) is 60.8 Å². The van der Waals surface area contributed by atoms with Crippen LogP contribution >= 0.6 is 0 Å². The minimum atomic E-state index is -1.58. The SMILES string of the molecule is CC(C)[C@@H](C)[C@@H](O)[C@@H]1O[C@H]2[C@H]3C(=O)[C@@](C)([C@H]2[C@@H]1C)[C@@H](O)C(=O)C1=C3[C@H](O)[C@H]2O[C@]23C[C@@H](O)CC[C@]13C. The van der Waals surface area contributed by atoms with E-state index in [1.54, 1.807) is 6.92 Å². The number of ketones is 2. The highest BCUT2D eigenvalue weighted by molar-refractivity contribution is 6.10. The Labute approximate surface area is 212 Å². The second-order valence-corrected chi connectivity index (χ2v) is 13.4. The summed E-state index contributed by atoms with van der Waals surface area (Å²) >= 11 is 0. The average molecular weight is 505 g/mol. The molecule has 4 fully saturated rings. The first kappa shape index (κ1) is 25.1. The van der Waals surface area contributed by atoms with Crippen LogP contribution in [-0.4, -0.2) is 80.3 Å². The molecule has 4 N–H and O–H groups in total. The average Bonchev–Trinajstić information content (AvgIpc) is 3.40. The van der Waals surface area contributed by atoms with Crippen molar-refractivity contribution in [2.45, 2.75) is 109 Å². The van der Waals surface area contributed by atoms with Crippen LogP contribution in [0.2, 0.25) is 0 Å². The molecule has 2 saturated heterocycles. The molecule has 0 unspecified atom stereocenters. The number of carbonyl (C=O) groups is 2. The third kappa shape index (κ3) is 2.66. The van der Waals surface area contributed by atoms with Gasteiger partial charge in [-0.2, -0.15) is 0 Å². The maximum absolute atomic E-state index is 14.1. The van der Waals surface area contributed by atoms with E-state index in [0.717, 1.165) is 0 Å².